The Bertz CT molecular complexity index is 884. The van der Waals surface area contributed by atoms with E-state index in [2.05, 4.69) is 18.8 Å². The zero-order chi connectivity index (χ0) is 22.0. The summed E-state index contributed by atoms with van der Waals surface area (Å²) in [6, 6.07) is 2.05. The molecule has 5 nitrogen and oxygen atoms in total. The van der Waals surface area contributed by atoms with Crippen LogP contribution in [-0.4, -0.2) is 37.5 Å². The Kier molecular flexibility index (Phi) is 6.65. The highest BCUT2D eigenvalue weighted by Crippen LogP contribution is 2.45. The lowest BCUT2D eigenvalue weighted by atomic mass is 9.90. The van der Waals surface area contributed by atoms with Crippen molar-refractivity contribution < 1.29 is 9.13 Å². The van der Waals surface area contributed by atoms with Crippen LogP contribution in [0.25, 0.3) is 5.57 Å². The van der Waals surface area contributed by atoms with E-state index in [-0.39, 0.29) is 24.0 Å². The normalized spacial score (nSPS) is 23.0. The van der Waals surface area contributed by atoms with Crippen molar-refractivity contribution in [2.45, 2.75) is 77.0 Å². The van der Waals surface area contributed by atoms with E-state index >= 15 is 4.39 Å². The predicted molar refractivity (Wildman–Crippen MR) is 126 cm³/mol. The van der Waals surface area contributed by atoms with Gasteiger partial charge in [-0.1, -0.05) is 6.58 Å². The molecule has 2 heterocycles. The van der Waals surface area contributed by atoms with Gasteiger partial charge in [0.1, 0.15) is 11.6 Å². The molecule has 0 radical (unpaired) electrons. The van der Waals surface area contributed by atoms with Crippen molar-refractivity contribution in [3.05, 3.63) is 41.5 Å². The van der Waals surface area contributed by atoms with E-state index in [1.54, 1.807) is 6.07 Å². The molecule has 168 valence electrons. The molecule has 1 aromatic rings. The third kappa shape index (κ3) is 4.49. The quantitative estimate of drug-likeness (QED) is 0.655. The summed E-state index contributed by atoms with van der Waals surface area (Å²) in [4.78, 5) is 6.78. The second-order valence-electron chi connectivity index (χ2n) is 9.11. The molecule has 0 aromatic heterocycles. The molecule has 3 N–H and O–H groups in total. The van der Waals surface area contributed by atoms with E-state index in [1.807, 2.05) is 18.0 Å². The van der Waals surface area contributed by atoms with Crippen molar-refractivity contribution >= 4 is 17.5 Å². The van der Waals surface area contributed by atoms with Gasteiger partial charge in [-0.15, -0.1) is 0 Å². The number of nitrogens with zero attached hydrogens (tertiary/aromatic N) is 2. The molecule has 0 amide bonds. The number of rotatable bonds is 6. The lowest BCUT2D eigenvalue weighted by Crippen LogP contribution is -2.37. The van der Waals surface area contributed by atoms with Crippen molar-refractivity contribution in [1.82, 2.24) is 5.32 Å². The van der Waals surface area contributed by atoms with Gasteiger partial charge in [-0.2, -0.15) is 0 Å². The van der Waals surface area contributed by atoms with Gasteiger partial charge in [-0.3, -0.25) is 4.99 Å². The second kappa shape index (κ2) is 9.43. The van der Waals surface area contributed by atoms with Crippen LogP contribution in [0.2, 0.25) is 0 Å². The molecule has 1 unspecified atom stereocenters. The minimum absolute atomic E-state index is 0.186. The standard InChI is InChI=1S/C25H35FN4O/c1-16(2)30-17(3)7-8-21-24(30)23(26)13-22(25(21)31-20-5-4-6-20)18(14-27)15-29-19-9-11-28-12-10-19/h13-15,17,19-20,28H,1,4-12,27H2,2-3H3. The van der Waals surface area contributed by atoms with Gasteiger partial charge in [-0.25, -0.2) is 4.39 Å². The van der Waals surface area contributed by atoms with Crippen molar-refractivity contribution in [3.8, 4) is 5.75 Å². The molecule has 1 saturated heterocycles. The van der Waals surface area contributed by atoms with E-state index in [1.165, 1.54) is 12.6 Å². The van der Waals surface area contributed by atoms with Crippen LogP contribution in [0.5, 0.6) is 5.75 Å². The van der Waals surface area contributed by atoms with Gasteiger partial charge in [0.05, 0.1) is 17.8 Å². The monoisotopic (exact) mass is 426 g/mol. The molecule has 1 saturated carbocycles. The molecule has 1 atom stereocenters. The fraction of sp³-hybridized carbons (Fsp3) is 0.560. The summed E-state index contributed by atoms with van der Waals surface area (Å²) >= 11 is 0. The third-order valence-corrected chi connectivity index (χ3v) is 6.77. The number of benzene rings is 1. The number of hydrogen-bond donors (Lipinski definition) is 2. The second-order valence-corrected chi connectivity index (χ2v) is 9.11. The Morgan fingerprint density at radius 3 is 2.65 bits per heavy atom. The smallest absolute Gasteiger partial charge is 0.148 e. The number of halogens is 1. The maximum absolute atomic E-state index is 15.6. The molecule has 0 bridgehead atoms. The number of aliphatic imine (C=N–C) groups is 1. The number of nitrogens with two attached hydrogens (primary N) is 1. The Hall–Kier alpha value is -2.34. The molecular weight excluding hydrogens is 391 g/mol. The molecule has 2 aliphatic heterocycles. The number of allylic oxidation sites excluding steroid dienone is 2. The first kappa shape index (κ1) is 21.9. The van der Waals surface area contributed by atoms with Gasteiger partial charge >= 0.3 is 0 Å². The maximum Gasteiger partial charge on any atom is 0.148 e. The van der Waals surface area contributed by atoms with E-state index in [0.717, 1.165) is 74.2 Å². The zero-order valence-electron chi connectivity index (χ0n) is 18.8. The molecule has 0 spiro atoms. The Labute approximate surface area is 185 Å². The van der Waals surface area contributed by atoms with Crippen LogP contribution >= 0.6 is 0 Å². The van der Waals surface area contributed by atoms with Gasteiger partial charge < -0.3 is 20.7 Å². The van der Waals surface area contributed by atoms with Crippen LogP contribution in [0.4, 0.5) is 10.1 Å². The minimum atomic E-state index is -0.255. The highest BCUT2D eigenvalue weighted by Gasteiger charge is 2.33. The van der Waals surface area contributed by atoms with E-state index in [9.17, 15) is 0 Å². The summed E-state index contributed by atoms with van der Waals surface area (Å²) in [6.07, 6.45) is 10.5. The van der Waals surface area contributed by atoms with Gasteiger partial charge in [0.15, 0.2) is 0 Å². The number of piperidine rings is 1. The number of ether oxygens (including phenoxy) is 1. The SMILES string of the molecule is C=C(C)N1c2c(F)cc(C(C=NC3CCNCC3)=CN)c(OC3CCC3)c2CCC1C. The molecule has 1 aliphatic carbocycles. The van der Waals surface area contributed by atoms with Crippen LogP contribution < -0.4 is 20.7 Å². The van der Waals surface area contributed by atoms with Crippen molar-refractivity contribution in [2.75, 3.05) is 18.0 Å². The lowest BCUT2D eigenvalue weighted by Gasteiger charge is -2.39. The first-order valence-corrected chi connectivity index (χ1v) is 11.6. The van der Waals surface area contributed by atoms with Gasteiger partial charge in [0.25, 0.3) is 0 Å². The average Bonchev–Trinajstić information content (AvgIpc) is 2.73. The van der Waals surface area contributed by atoms with Crippen LogP contribution in [0.3, 0.4) is 0 Å². The van der Waals surface area contributed by atoms with Crippen LogP contribution in [0.15, 0.2) is 29.5 Å². The number of nitrogens with one attached hydrogen (secondary N) is 1. The number of fused-ring (bicyclic) bond motifs is 1. The predicted octanol–water partition coefficient (Wildman–Crippen LogP) is 4.55. The van der Waals surface area contributed by atoms with E-state index in [0.29, 0.717) is 11.3 Å². The molecule has 31 heavy (non-hydrogen) atoms. The topological polar surface area (TPSA) is 62.9 Å². The molecular formula is C25H35FN4O. The van der Waals surface area contributed by atoms with Crippen molar-refractivity contribution in [3.63, 3.8) is 0 Å². The summed E-state index contributed by atoms with van der Waals surface area (Å²) < 4.78 is 22.0. The van der Waals surface area contributed by atoms with Gasteiger partial charge in [0.2, 0.25) is 0 Å². The Morgan fingerprint density at radius 1 is 1.29 bits per heavy atom. The highest BCUT2D eigenvalue weighted by molar-refractivity contribution is 6.11. The zero-order valence-corrected chi connectivity index (χ0v) is 18.8. The molecule has 2 fully saturated rings. The first-order chi connectivity index (χ1) is 15.0. The molecule has 1 aromatic carbocycles. The number of anilines is 1. The van der Waals surface area contributed by atoms with Crippen LogP contribution in [0, 0.1) is 5.82 Å². The average molecular weight is 427 g/mol. The lowest BCUT2D eigenvalue weighted by molar-refractivity contribution is 0.118. The molecule has 6 heteroatoms. The summed E-state index contributed by atoms with van der Waals surface area (Å²) in [6.45, 7) is 10.1. The summed E-state index contributed by atoms with van der Waals surface area (Å²) in [5, 5.41) is 3.36. The summed E-state index contributed by atoms with van der Waals surface area (Å²) in [5.74, 6) is 0.517. The van der Waals surface area contributed by atoms with Crippen molar-refractivity contribution in [2.24, 2.45) is 10.7 Å². The third-order valence-electron chi connectivity index (χ3n) is 6.77. The summed E-state index contributed by atoms with van der Waals surface area (Å²) in [7, 11) is 0. The Balaban J connectivity index is 1.76. The minimum Gasteiger partial charge on any atom is -0.489 e. The Morgan fingerprint density at radius 2 is 2.03 bits per heavy atom. The van der Waals surface area contributed by atoms with Gasteiger partial charge in [0, 0.05) is 40.9 Å². The van der Waals surface area contributed by atoms with E-state index < -0.39 is 0 Å². The number of hydrogen-bond acceptors (Lipinski definition) is 5. The fourth-order valence-electron chi connectivity index (χ4n) is 4.79. The molecule has 3 aliphatic rings. The fourth-order valence-corrected chi connectivity index (χ4v) is 4.79. The van der Waals surface area contributed by atoms with Crippen LogP contribution in [-0.2, 0) is 6.42 Å². The van der Waals surface area contributed by atoms with Crippen LogP contribution in [0.1, 0.15) is 63.5 Å². The maximum atomic E-state index is 15.6. The summed E-state index contributed by atoms with van der Waals surface area (Å²) in [5.41, 5.74) is 9.83. The largest absolute Gasteiger partial charge is 0.489 e. The van der Waals surface area contributed by atoms with Gasteiger partial charge in [-0.05, 0) is 77.9 Å². The van der Waals surface area contributed by atoms with Crippen molar-refractivity contribution in [1.29, 1.82) is 0 Å². The highest BCUT2D eigenvalue weighted by atomic mass is 19.1. The first-order valence-electron chi connectivity index (χ1n) is 11.6. The van der Waals surface area contributed by atoms with E-state index in [4.69, 9.17) is 15.5 Å². The molecule has 4 rings (SSSR count).